The van der Waals surface area contributed by atoms with Gasteiger partial charge in [-0.2, -0.15) is 0 Å². The molecular formula is C9H10N2OS. The third-order valence-corrected chi connectivity index (χ3v) is 2.94. The number of aryl methyl sites for hydroxylation is 2. The number of aromatic amines is 1. The maximum atomic E-state index is 11.3. The Balaban J connectivity index is 2.84. The lowest BCUT2D eigenvalue weighted by molar-refractivity contribution is 1.07. The van der Waals surface area contributed by atoms with Crippen molar-refractivity contribution < 1.29 is 0 Å². The fourth-order valence-electron chi connectivity index (χ4n) is 1.37. The first-order valence-electron chi connectivity index (χ1n) is 4.20. The predicted molar refractivity (Wildman–Crippen MR) is 54.4 cm³/mol. The second kappa shape index (κ2) is 2.96. The number of fused-ring (bicyclic) bond motifs is 1. The van der Waals surface area contributed by atoms with Crippen LogP contribution in [-0.4, -0.2) is 9.36 Å². The van der Waals surface area contributed by atoms with Crippen LogP contribution < -0.4 is 5.56 Å². The first-order valence-corrected chi connectivity index (χ1v) is 5.01. The van der Waals surface area contributed by atoms with Crippen LogP contribution >= 0.6 is 11.5 Å². The van der Waals surface area contributed by atoms with E-state index in [1.165, 1.54) is 11.5 Å². The molecule has 0 saturated heterocycles. The van der Waals surface area contributed by atoms with Gasteiger partial charge in [-0.1, -0.05) is 6.92 Å². The van der Waals surface area contributed by atoms with Crippen LogP contribution in [0.4, 0.5) is 0 Å². The summed E-state index contributed by atoms with van der Waals surface area (Å²) in [5.41, 5.74) is 2.14. The molecule has 2 heterocycles. The van der Waals surface area contributed by atoms with Crippen molar-refractivity contribution in [3.63, 3.8) is 0 Å². The van der Waals surface area contributed by atoms with Crippen molar-refractivity contribution in [2.45, 2.75) is 20.3 Å². The molecule has 0 radical (unpaired) electrons. The van der Waals surface area contributed by atoms with E-state index >= 15 is 0 Å². The number of hydrogen-bond donors (Lipinski definition) is 1. The van der Waals surface area contributed by atoms with Gasteiger partial charge in [0.05, 0.1) is 5.39 Å². The van der Waals surface area contributed by atoms with Gasteiger partial charge in [0.15, 0.2) is 0 Å². The number of H-pyrrole nitrogens is 1. The molecule has 0 aliphatic carbocycles. The third-order valence-electron chi connectivity index (χ3n) is 2.15. The summed E-state index contributed by atoms with van der Waals surface area (Å²) in [6.07, 6.45) is 0.921. The Hall–Kier alpha value is -1.16. The Morgan fingerprint density at radius 3 is 3.08 bits per heavy atom. The van der Waals surface area contributed by atoms with E-state index in [1.807, 2.05) is 13.0 Å². The van der Waals surface area contributed by atoms with E-state index in [0.29, 0.717) is 5.39 Å². The number of nitrogens with one attached hydrogen (secondary N) is 1. The Labute approximate surface area is 79.6 Å². The van der Waals surface area contributed by atoms with Gasteiger partial charge in [-0.05, 0) is 36.5 Å². The van der Waals surface area contributed by atoms with Crippen molar-refractivity contribution in [3.05, 3.63) is 27.7 Å². The number of pyridine rings is 1. The minimum absolute atomic E-state index is 0.0257. The highest BCUT2D eigenvalue weighted by atomic mass is 32.1. The number of aromatic nitrogens is 2. The Morgan fingerprint density at radius 1 is 1.62 bits per heavy atom. The molecule has 13 heavy (non-hydrogen) atoms. The molecule has 0 atom stereocenters. The van der Waals surface area contributed by atoms with Crippen LogP contribution in [0.2, 0.25) is 0 Å². The Bertz CT molecular complexity index is 498. The lowest BCUT2D eigenvalue weighted by Gasteiger charge is -1.99. The molecule has 0 amide bonds. The molecule has 0 aliphatic heterocycles. The van der Waals surface area contributed by atoms with Crippen molar-refractivity contribution >= 4 is 21.7 Å². The lowest BCUT2D eigenvalue weighted by atomic mass is 10.1. The van der Waals surface area contributed by atoms with Gasteiger partial charge in [0.1, 0.15) is 4.83 Å². The zero-order chi connectivity index (χ0) is 9.42. The number of nitrogens with zero attached hydrogens (tertiary/aromatic N) is 1. The van der Waals surface area contributed by atoms with E-state index in [2.05, 4.69) is 16.3 Å². The molecule has 0 unspecified atom stereocenters. The molecule has 0 fully saturated rings. The second-order valence-corrected chi connectivity index (χ2v) is 3.77. The Kier molecular flexibility index (Phi) is 1.92. The minimum Gasteiger partial charge on any atom is -0.275 e. The van der Waals surface area contributed by atoms with Gasteiger partial charge >= 0.3 is 0 Å². The third kappa shape index (κ3) is 1.27. The lowest BCUT2D eigenvalue weighted by Crippen LogP contribution is -1.99. The molecule has 4 heteroatoms. The fraction of sp³-hybridized carbons (Fsp3) is 0.333. The van der Waals surface area contributed by atoms with Gasteiger partial charge in [0.2, 0.25) is 0 Å². The maximum Gasteiger partial charge on any atom is 0.267 e. The minimum atomic E-state index is -0.0257. The quantitative estimate of drug-likeness (QED) is 0.753. The molecule has 0 spiro atoms. The molecule has 2 aromatic heterocycles. The zero-order valence-electron chi connectivity index (χ0n) is 7.55. The van der Waals surface area contributed by atoms with Crippen molar-refractivity contribution in [1.82, 2.24) is 9.36 Å². The van der Waals surface area contributed by atoms with Crippen LogP contribution in [0.25, 0.3) is 10.2 Å². The average molecular weight is 194 g/mol. The molecule has 68 valence electrons. The van der Waals surface area contributed by atoms with Crippen molar-refractivity contribution in [3.8, 4) is 0 Å². The molecule has 2 rings (SSSR count). The summed E-state index contributed by atoms with van der Waals surface area (Å²) in [4.78, 5) is 16.4. The van der Waals surface area contributed by atoms with Crippen molar-refractivity contribution in [2.24, 2.45) is 0 Å². The standard InChI is InChI=1S/C9H10N2OS/c1-3-6-4-7-8(12)11-13-9(7)10-5(6)2/h4H,3H2,1-2H3,(H,11,12). The molecule has 0 aromatic carbocycles. The Morgan fingerprint density at radius 2 is 2.38 bits per heavy atom. The maximum absolute atomic E-state index is 11.3. The van der Waals surface area contributed by atoms with E-state index in [0.717, 1.165) is 22.5 Å². The number of rotatable bonds is 1. The summed E-state index contributed by atoms with van der Waals surface area (Å²) in [5, 5.41) is 0.715. The summed E-state index contributed by atoms with van der Waals surface area (Å²) in [6.45, 7) is 4.04. The van der Waals surface area contributed by atoms with E-state index in [4.69, 9.17) is 0 Å². The molecule has 1 N–H and O–H groups in total. The monoisotopic (exact) mass is 194 g/mol. The van der Waals surface area contributed by atoms with Crippen LogP contribution in [0.5, 0.6) is 0 Å². The smallest absolute Gasteiger partial charge is 0.267 e. The average Bonchev–Trinajstić information content (AvgIpc) is 2.46. The topological polar surface area (TPSA) is 45.8 Å². The molecule has 2 aromatic rings. The highest BCUT2D eigenvalue weighted by Crippen LogP contribution is 2.16. The van der Waals surface area contributed by atoms with Crippen molar-refractivity contribution in [2.75, 3.05) is 0 Å². The zero-order valence-corrected chi connectivity index (χ0v) is 8.36. The van der Waals surface area contributed by atoms with Gasteiger partial charge in [-0.15, -0.1) is 0 Å². The van der Waals surface area contributed by atoms with Gasteiger partial charge < -0.3 is 0 Å². The van der Waals surface area contributed by atoms with Crippen LogP contribution in [0.1, 0.15) is 18.2 Å². The molecular weight excluding hydrogens is 184 g/mol. The summed E-state index contributed by atoms with van der Waals surface area (Å²) in [6, 6.07) is 1.94. The van der Waals surface area contributed by atoms with E-state index in [9.17, 15) is 4.79 Å². The normalized spacial score (nSPS) is 10.9. The van der Waals surface area contributed by atoms with Crippen LogP contribution in [0.3, 0.4) is 0 Å². The number of hydrogen-bond acceptors (Lipinski definition) is 3. The highest BCUT2D eigenvalue weighted by Gasteiger charge is 2.05. The summed E-state index contributed by atoms with van der Waals surface area (Å²) in [5.74, 6) is 0. The van der Waals surface area contributed by atoms with Crippen LogP contribution in [-0.2, 0) is 6.42 Å². The first-order chi connectivity index (χ1) is 6.22. The van der Waals surface area contributed by atoms with E-state index < -0.39 is 0 Å². The molecule has 0 bridgehead atoms. The summed E-state index contributed by atoms with van der Waals surface area (Å²) >= 11 is 1.30. The SMILES string of the molecule is CCc1cc2c(=O)[nH]sc2nc1C. The molecule has 3 nitrogen and oxygen atoms in total. The molecule has 0 aliphatic rings. The van der Waals surface area contributed by atoms with Gasteiger partial charge in [0, 0.05) is 5.69 Å². The van der Waals surface area contributed by atoms with Crippen molar-refractivity contribution in [1.29, 1.82) is 0 Å². The van der Waals surface area contributed by atoms with Gasteiger partial charge in [-0.3, -0.25) is 9.17 Å². The highest BCUT2D eigenvalue weighted by molar-refractivity contribution is 7.12. The van der Waals surface area contributed by atoms with Gasteiger partial charge in [-0.25, -0.2) is 4.98 Å². The van der Waals surface area contributed by atoms with E-state index in [-0.39, 0.29) is 5.56 Å². The van der Waals surface area contributed by atoms with Crippen LogP contribution in [0, 0.1) is 6.92 Å². The van der Waals surface area contributed by atoms with Crippen LogP contribution in [0.15, 0.2) is 10.9 Å². The fourth-order valence-corrected chi connectivity index (χ4v) is 2.12. The van der Waals surface area contributed by atoms with E-state index in [1.54, 1.807) is 0 Å². The summed E-state index contributed by atoms with van der Waals surface area (Å²) < 4.78 is 2.68. The largest absolute Gasteiger partial charge is 0.275 e. The second-order valence-electron chi connectivity index (χ2n) is 2.97. The summed E-state index contributed by atoms with van der Waals surface area (Å²) in [7, 11) is 0. The first kappa shape index (κ1) is 8.44. The molecule has 0 saturated carbocycles. The predicted octanol–water partition coefficient (Wildman–Crippen LogP) is 1.86. The van der Waals surface area contributed by atoms with Gasteiger partial charge in [0.25, 0.3) is 5.56 Å².